The number of benzene rings is 1. The van der Waals surface area contributed by atoms with Crippen LogP contribution >= 0.6 is 11.8 Å². The Morgan fingerprint density at radius 2 is 2.23 bits per heavy atom. The Hall–Kier alpha value is -0.890. The first-order valence-corrected chi connectivity index (χ1v) is 5.33. The Labute approximate surface area is 84.0 Å². The number of allylic oxidation sites excluding steroid dienone is 1. The van der Waals surface area contributed by atoms with Crippen LogP contribution in [0.4, 0.5) is 5.69 Å². The smallest absolute Gasteiger partial charge is 0.0354 e. The molecule has 0 atom stereocenters. The summed E-state index contributed by atoms with van der Waals surface area (Å²) in [6.45, 7) is 4.10. The summed E-state index contributed by atoms with van der Waals surface area (Å²) in [5, 5.41) is 0. The van der Waals surface area contributed by atoms with Gasteiger partial charge >= 0.3 is 0 Å². The number of nitrogens with two attached hydrogens (primary N) is 1. The van der Waals surface area contributed by atoms with E-state index in [0.717, 1.165) is 11.4 Å². The van der Waals surface area contributed by atoms with E-state index in [1.165, 1.54) is 10.5 Å². The summed E-state index contributed by atoms with van der Waals surface area (Å²) in [5.41, 5.74) is 7.87. The number of hydrogen-bond donors (Lipinski definition) is 1. The Balaban J connectivity index is 2.71. The fourth-order valence-electron chi connectivity index (χ4n) is 1.02. The zero-order valence-electron chi connectivity index (χ0n) is 8.08. The summed E-state index contributed by atoms with van der Waals surface area (Å²) in [6, 6.07) is 6.05. The summed E-state index contributed by atoms with van der Waals surface area (Å²) >= 11 is 1.82. The highest BCUT2D eigenvalue weighted by Gasteiger charge is 1.99. The molecule has 1 nitrogen and oxygen atoms in total. The van der Waals surface area contributed by atoms with Gasteiger partial charge < -0.3 is 5.73 Å². The third-order valence-corrected chi connectivity index (χ3v) is 3.01. The van der Waals surface area contributed by atoms with Gasteiger partial charge in [0, 0.05) is 16.3 Å². The molecule has 0 aliphatic carbocycles. The van der Waals surface area contributed by atoms with Crippen molar-refractivity contribution in [1.29, 1.82) is 0 Å². The van der Waals surface area contributed by atoms with E-state index < -0.39 is 0 Å². The Bertz CT molecular complexity index is 305. The van der Waals surface area contributed by atoms with Crippen LogP contribution in [0.2, 0.25) is 0 Å². The molecule has 0 heterocycles. The molecule has 0 radical (unpaired) electrons. The lowest BCUT2D eigenvalue weighted by Crippen LogP contribution is -1.90. The van der Waals surface area contributed by atoms with Crippen molar-refractivity contribution in [2.24, 2.45) is 0 Å². The number of anilines is 1. The van der Waals surface area contributed by atoms with E-state index in [1.807, 2.05) is 30.8 Å². The van der Waals surface area contributed by atoms with Gasteiger partial charge in [-0.25, -0.2) is 0 Å². The third-order valence-electron chi connectivity index (χ3n) is 1.90. The SMILES string of the molecule is CC=CCSc1cccc(N)c1C. The zero-order chi connectivity index (χ0) is 9.68. The normalized spacial score (nSPS) is 10.9. The first-order chi connectivity index (χ1) is 6.25. The van der Waals surface area contributed by atoms with Crippen LogP contribution in [0.1, 0.15) is 12.5 Å². The minimum absolute atomic E-state index is 0.880. The van der Waals surface area contributed by atoms with Crippen LogP contribution in [0.3, 0.4) is 0 Å². The Morgan fingerprint density at radius 1 is 1.46 bits per heavy atom. The number of hydrogen-bond acceptors (Lipinski definition) is 2. The van der Waals surface area contributed by atoms with Crippen molar-refractivity contribution in [2.75, 3.05) is 11.5 Å². The molecule has 0 bridgehead atoms. The molecule has 0 aromatic heterocycles. The van der Waals surface area contributed by atoms with Crippen molar-refractivity contribution in [2.45, 2.75) is 18.7 Å². The molecule has 1 rings (SSSR count). The van der Waals surface area contributed by atoms with Crippen molar-refractivity contribution < 1.29 is 0 Å². The molecule has 0 amide bonds. The van der Waals surface area contributed by atoms with Gasteiger partial charge in [-0.1, -0.05) is 18.2 Å². The average Bonchev–Trinajstić information content (AvgIpc) is 2.13. The van der Waals surface area contributed by atoms with Crippen LogP contribution in [0.25, 0.3) is 0 Å². The van der Waals surface area contributed by atoms with Gasteiger partial charge in [0.2, 0.25) is 0 Å². The van der Waals surface area contributed by atoms with E-state index in [4.69, 9.17) is 5.73 Å². The van der Waals surface area contributed by atoms with Crippen LogP contribution in [0.5, 0.6) is 0 Å². The van der Waals surface area contributed by atoms with E-state index in [-0.39, 0.29) is 0 Å². The molecule has 1 aromatic carbocycles. The predicted octanol–water partition coefficient (Wildman–Crippen LogP) is 3.25. The number of thioether (sulfide) groups is 1. The monoisotopic (exact) mass is 193 g/mol. The lowest BCUT2D eigenvalue weighted by atomic mass is 10.2. The van der Waals surface area contributed by atoms with Gasteiger partial charge in [0.15, 0.2) is 0 Å². The summed E-state index contributed by atoms with van der Waals surface area (Å²) in [6.07, 6.45) is 4.21. The molecule has 2 N–H and O–H groups in total. The van der Waals surface area contributed by atoms with E-state index >= 15 is 0 Å². The minimum Gasteiger partial charge on any atom is -0.398 e. The van der Waals surface area contributed by atoms with E-state index in [1.54, 1.807) is 0 Å². The van der Waals surface area contributed by atoms with Crippen LogP contribution in [-0.2, 0) is 0 Å². The topological polar surface area (TPSA) is 26.0 Å². The summed E-state index contributed by atoms with van der Waals surface area (Å²) in [4.78, 5) is 1.28. The average molecular weight is 193 g/mol. The lowest BCUT2D eigenvalue weighted by Gasteiger charge is -2.05. The molecule has 0 aliphatic heterocycles. The van der Waals surface area contributed by atoms with Gasteiger partial charge in [0.05, 0.1) is 0 Å². The van der Waals surface area contributed by atoms with Crippen molar-refractivity contribution in [3.63, 3.8) is 0 Å². The van der Waals surface area contributed by atoms with Crippen LogP contribution < -0.4 is 5.73 Å². The second-order valence-corrected chi connectivity index (χ2v) is 3.91. The third kappa shape index (κ3) is 2.81. The molecule has 2 heteroatoms. The quantitative estimate of drug-likeness (QED) is 0.453. The molecule has 0 fully saturated rings. The van der Waals surface area contributed by atoms with Gasteiger partial charge in [-0.2, -0.15) is 0 Å². The minimum atomic E-state index is 0.880. The zero-order valence-corrected chi connectivity index (χ0v) is 8.90. The Kier molecular flexibility index (Phi) is 3.90. The molecule has 0 saturated carbocycles. The Morgan fingerprint density at radius 3 is 2.92 bits per heavy atom. The molecule has 0 unspecified atom stereocenters. The second kappa shape index (κ2) is 4.97. The summed E-state index contributed by atoms with van der Waals surface area (Å²) in [5.74, 6) is 1.01. The lowest BCUT2D eigenvalue weighted by molar-refractivity contribution is 1.31. The number of nitrogen functional groups attached to an aromatic ring is 1. The predicted molar refractivity (Wildman–Crippen MR) is 61.1 cm³/mol. The molecular formula is C11H15NS. The van der Waals surface area contributed by atoms with Crippen molar-refractivity contribution in [1.82, 2.24) is 0 Å². The van der Waals surface area contributed by atoms with Gasteiger partial charge in [-0.05, 0) is 31.5 Å². The maximum Gasteiger partial charge on any atom is 0.0354 e. The van der Waals surface area contributed by atoms with Gasteiger partial charge in [0.1, 0.15) is 0 Å². The standard InChI is InChI=1S/C11H15NS/c1-3-4-8-13-11-7-5-6-10(12)9(11)2/h3-7H,8,12H2,1-2H3. The van der Waals surface area contributed by atoms with Gasteiger partial charge in [-0.3, -0.25) is 0 Å². The first-order valence-electron chi connectivity index (χ1n) is 4.34. The van der Waals surface area contributed by atoms with E-state index in [2.05, 4.69) is 25.1 Å². The van der Waals surface area contributed by atoms with E-state index in [0.29, 0.717) is 0 Å². The molecule has 1 aromatic rings. The molecule has 0 aliphatic rings. The highest BCUT2D eigenvalue weighted by Crippen LogP contribution is 2.25. The summed E-state index contributed by atoms with van der Waals surface area (Å²) < 4.78 is 0. The largest absolute Gasteiger partial charge is 0.398 e. The van der Waals surface area contributed by atoms with Crippen LogP contribution in [-0.4, -0.2) is 5.75 Å². The highest BCUT2D eigenvalue weighted by molar-refractivity contribution is 7.99. The number of rotatable bonds is 3. The van der Waals surface area contributed by atoms with Crippen LogP contribution in [0, 0.1) is 6.92 Å². The second-order valence-electron chi connectivity index (χ2n) is 2.85. The molecular weight excluding hydrogens is 178 g/mol. The van der Waals surface area contributed by atoms with Gasteiger partial charge in [0.25, 0.3) is 0 Å². The van der Waals surface area contributed by atoms with Crippen molar-refractivity contribution in [3.05, 3.63) is 35.9 Å². The van der Waals surface area contributed by atoms with Crippen LogP contribution in [0.15, 0.2) is 35.2 Å². The molecule has 13 heavy (non-hydrogen) atoms. The fourth-order valence-corrected chi connectivity index (χ4v) is 2.00. The van der Waals surface area contributed by atoms with Gasteiger partial charge in [-0.15, -0.1) is 11.8 Å². The first kappa shape index (κ1) is 10.2. The molecule has 70 valence electrons. The van der Waals surface area contributed by atoms with Crippen molar-refractivity contribution >= 4 is 17.4 Å². The maximum atomic E-state index is 5.79. The molecule has 0 spiro atoms. The maximum absolute atomic E-state index is 5.79. The molecule has 0 saturated heterocycles. The highest BCUT2D eigenvalue weighted by atomic mass is 32.2. The summed E-state index contributed by atoms with van der Waals surface area (Å²) in [7, 11) is 0. The fraction of sp³-hybridized carbons (Fsp3) is 0.273. The van der Waals surface area contributed by atoms with E-state index in [9.17, 15) is 0 Å². The van der Waals surface area contributed by atoms with Crippen molar-refractivity contribution in [3.8, 4) is 0 Å².